The number of aromatic nitrogens is 1. The zero-order valence-electron chi connectivity index (χ0n) is 13.3. The molecule has 1 aromatic heterocycles. The van der Waals surface area contributed by atoms with E-state index in [-0.39, 0.29) is 23.8 Å². The number of hydrogen-bond donors (Lipinski definition) is 1. The molecule has 0 aromatic carbocycles. The summed E-state index contributed by atoms with van der Waals surface area (Å²) < 4.78 is 10.3. The quantitative estimate of drug-likeness (QED) is 0.861. The maximum atomic E-state index is 12.7. The first kappa shape index (κ1) is 14.7. The standard InChI is InChI=1S/C17H22N2O4/c1-22-17(21)13-9-6-7-10(8-9)14(13)18-16(20)15-11-4-2-3-5-12(11)23-19-15/h9-10,13-14H,2-8H2,1H3,(H,18,20)/t9-,10-,13-,14+/m0/s1. The predicted octanol–water partition coefficient (Wildman–Crippen LogP) is 1.87. The highest BCUT2D eigenvalue weighted by Gasteiger charge is 2.52. The molecule has 4 rings (SSSR count). The van der Waals surface area contributed by atoms with Crippen molar-refractivity contribution in [3.05, 3.63) is 17.0 Å². The highest BCUT2D eigenvalue weighted by atomic mass is 16.5. The molecule has 0 saturated heterocycles. The summed E-state index contributed by atoms with van der Waals surface area (Å²) in [6, 6.07) is -0.135. The molecule has 1 N–H and O–H groups in total. The van der Waals surface area contributed by atoms with Gasteiger partial charge in [-0.25, -0.2) is 0 Å². The Morgan fingerprint density at radius 1 is 1.22 bits per heavy atom. The van der Waals surface area contributed by atoms with Gasteiger partial charge < -0.3 is 14.6 Å². The monoisotopic (exact) mass is 318 g/mol. The van der Waals surface area contributed by atoms with Crippen LogP contribution in [0.15, 0.2) is 4.52 Å². The molecule has 1 aromatic rings. The molecule has 6 nitrogen and oxygen atoms in total. The van der Waals surface area contributed by atoms with Gasteiger partial charge in [0, 0.05) is 18.0 Å². The number of amides is 1. The molecular weight excluding hydrogens is 296 g/mol. The number of nitrogens with zero attached hydrogens (tertiary/aromatic N) is 1. The van der Waals surface area contributed by atoms with E-state index in [1.165, 1.54) is 7.11 Å². The Balaban J connectivity index is 1.54. The predicted molar refractivity (Wildman–Crippen MR) is 80.7 cm³/mol. The third kappa shape index (κ3) is 2.35. The van der Waals surface area contributed by atoms with E-state index >= 15 is 0 Å². The van der Waals surface area contributed by atoms with Crippen molar-refractivity contribution in [2.24, 2.45) is 17.8 Å². The van der Waals surface area contributed by atoms with Crippen LogP contribution in [0.3, 0.4) is 0 Å². The van der Waals surface area contributed by atoms with Crippen LogP contribution in [0.1, 0.15) is 53.9 Å². The van der Waals surface area contributed by atoms with Crippen molar-refractivity contribution >= 4 is 11.9 Å². The van der Waals surface area contributed by atoms with Crippen LogP contribution in [0.2, 0.25) is 0 Å². The van der Waals surface area contributed by atoms with Gasteiger partial charge in [0.15, 0.2) is 5.69 Å². The minimum absolute atomic E-state index is 0.135. The third-order valence-corrected chi connectivity index (χ3v) is 5.85. The second-order valence-electron chi connectivity index (χ2n) is 7.02. The smallest absolute Gasteiger partial charge is 0.311 e. The topological polar surface area (TPSA) is 81.4 Å². The third-order valence-electron chi connectivity index (χ3n) is 5.85. The molecule has 0 spiro atoms. The maximum absolute atomic E-state index is 12.7. The van der Waals surface area contributed by atoms with E-state index in [0.29, 0.717) is 17.5 Å². The van der Waals surface area contributed by atoms with Crippen molar-refractivity contribution in [2.75, 3.05) is 7.11 Å². The molecule has 23 heavy (non-hydrogen) atoms. The zero-order valence-corrected chi connectivity index (χ0v) is 13.3. The maximum Gasteiger partial charge on any atom is 0.311 e. The van der Waals surface area contributed by atoms with Crippen LogP contribution in [0, 0.1) is 17.8 Å². The molecule has 0 unspecified atom stereocenters. The number of hydrogen-bond acceptors (Lipinski definition) is 5. The van der Waals surface area contributed by atoms with Gasteiger partial charge in [0.05, 0.1) is 13.0 Å². The van der Waals surface area contributed by atoms with Gasteiger partial charge in [-0.05, 0) is 50.4 Å². The number of nitrogens with one attached hydrogen (secondary N) is 1. The van der Waals surface area contributed by atoms with Crippen molar-refractivity contribution in [1.29, 1.82) is 0 Å². The van der Waals surface area contributed by atoms with E-state index in [2.05, 4.69) is 10.5 Å². The van der Waals surface area contributed by atoms with Crippen molar-refractivity contribution in [3.63, 3.8) is 0 Å². The summed E-state index contributed by atoms with van der Waals surface area (Å²) in [6.45, 7) is 0. The number of aryl methyl sites for hydroxylation is 1. The van der Waals surface area contributed by atoms with E-state index in [9.17, 15) is 9.59 Å². The van der Waals surface area contributed by atoms with Gasteiger partial charge in [-0.1, -0.05) is 5.16 Å². The van der Waals surface area contributed by atoms with Gasteiger partial charge in [0.2, 0.25) is 0 Å². The number of methoxy groups -OCH3 is 1. The first-order valence-corrected chi connectivity index (χ1v) is 8.55. The summed E-state index contributed by atoms with van der Waals surface area (Å²) in [5.74, 6) is 0.928. The van der Waals surface area contributed by atoms with Crippen LogP contribution < -0.4 is 5.32 Å². The Kier molecular flexibility index (Phi) is 3.62. The lowest BCUT2D eigenvalue weighted by Crippen LogP contribution is -2.47. The number of fused-ring (bicyclic) bond motifs is 3. The van der Waals surface area contributed by atoms with Crippen LogP contribution in [0.25, 0.3) is 0 Å². The molecule has 6 heteroatoms. The zero-order chi connectivity index (χ0) is 16.0. The fourth-order valence-electron chi connectivity index (χ4n) is 4.76. The second kappa shape index (κ2) is 5.65. The summed E-state index contributed by atoms with van der Waals surface area (Å²) in [4.78, 5) is 24.8. The van der Waals surface area contributed by atoms with E-state index in [4.69, 9.17) is 9.26 Å². The molecule has 0 aliphatic heterocycles. The second-order valence-corrected chi connectivity index (χ2v) is 7.02. The van der Waals surface area contributed by atoms with E-state index in [0.717, 1.165) is 56.3 Å². The average Bonchev–Trinajstić information content (AvgIpc) is 3.27. The molecule has 2 saturated carbocycles. The van der Waals surface area contributed by atoms with Gasteiger partial charge >= 0.3 is 5.97 Å². The van der Waals surface area contributed by atoms with Crippen molar-refractivity contribution in [3.8, 4) is 0 Å². The molecule has 2 bridgehead atoms. The molecular formula is C17H22N2O4. The Labute approximate surface area is 134 Å². The van der Waals surface area contributed by atoms with Crippen LogP contribution >= 0.6 is 0 Å². The fraction of sp³-hybridized carbons (Fsp3) is 0.706. The van der Waals surface area contributed by atoms with Gasteiger partial charge in [-0.3, -0.25) is 9.59 Å². The molecule has 1 amide bonds. The minimum Gasteiger partial charge on any atom is -0.469 e. The molecule has 1 heterocycles. The number of rotatable bonds is 3. The molecule has 0 radical (unpaired) electrons. The summed E-state index contributed by atoms with van der Waals surface area (Å²) >= 11 is 0. The normalized spacial score (nSPS) is 31.7. The number of carbonyl (C=O) groups excluding carboxylic acids is 2. The van der Waals surface area contributed by atoms with Gasteiger partial charge in [0.1, 0.15) is 5.76 Å². The summed E-state index contributed by atoms with van der Waals surface area (Å²) in [6.07, 6.45) is 6.97. The highest BCUT2D eigenvalue weighted by Crippen LogP contribution is 2.49. The summed E-state index contributed by atoms with van der Waals surface area (Å²) in [5.41, 5.74) is 1.36. The Bertz CT molecular complexity index is 639. The van der Waals surface area contributed by atoms with Crippen LogP contribution in [0.5, 0.6) is 0 Å². The van der Waals surface area contributed by atoms with E-state index in [1.54, 1.807) is 0 Å². The highest BCUT2D eigenvalue weighted by molar-refractivity contribution is 5.94. The lowest BCUT2D eigenvalue weighted by Gasteiger charge is -2.29. The fourth-order valence-corrected chi connectivity index (χ4v) is 4.76. The molecule has 3 aliphatic rings. The van der Waals surface area contributed by atoms with E-state index < -0.39 is 0 Å². The largest absolute Gasteiger partial charge is 0.469 e. The summed E-state index contributed by atoms with van der Waals surface area (Å²) in [7, 11) is 1.42. The van der Waals surface area contributed by atoms with Gasteiger partial charge in [-0.2, -0.15) is 0 Å². The van der Waals surface area contributed by atoms with Crippen molar-refractivity contribution in [2.45, 2.75) is 51.0 Å². The van der Waals surface area contributed by atoms with Crippen LogP contribution in [0.4, 0.5) is 0 Å². The van der Waals surface area contributed by atoms with E-state index in [1.807, 2.05) is 0 Å². The number of esters is 1. The molecule has 4 atom stereocenters. The van der Waals surface area contributed by atoms with Crippen molar-refractivity contribution < 1.29 is 18.8 Å². The van der Waals surface area contributed by atoms with Gasteiger partial charge in [0.25, 0.3) is 5.91 Å². The first-order valence-electron chi connectivity index (χ1n) is 8.55. The van der Waals surface area contributed by atoms with Crippen LogP contribution in [-0.4, -0.2) is 30.2 Å². The first-order chi connectivity index (χ1) is 11.2. The van der Waals surface area contributed by atoms with Crippen molar-refractivity contribution in [1.82, 2.24) is 10.5 Å². The lowest BCUT2D eigenvalue weighted by molar-refractivity contribution is -0.148. The molecule has 2 fully saturated rings. The minimum atomic E-state index is -0.217. The number of carbonyl (C=O) groups is 2. The van der Waals surface area contributed by atoms with Gasteiger partial charge in [-0.15, -0.1) is 0 Å². The lowest BCUT2D eigenvalue weighted by atomic mass is 9.84. The Hall–Kier alpha value is -1.85. The SMILES string of the molecule is COC(=O)[C@H]1[C@H]2CC[C@@H](C2)[C@H]1NC(=O)c1noc2c1CCCC2. The van der Waals surface area contributed by atoms with Crippen LogP contribution in [-0.2, 0) is 22.4 Å². The Morgan fingerprint density at radius 3 is 2.83 bits per heavy atom. The Morgan fingerprint density at radius 2 is 2.00 bits per heavy atom. The average molecular weight is 318 g/mol. The molecule has 124 valence electrons. The summed E-state index contributed by atoms with van der Waals surface area (Å²) in [5, 5.41) is 7.05. The number of ether oxygens (including phenoxy) is 1. The molecule has 3 aliphatic carbocycles.